The van der Waals surface area contributed by atoms with Crippen LogP contribution in [0.1, 0.15) is 39.0 Å². The number of carbonyl (C=O) groups excluding carboxylic acids is 1. The van der Waals surface area contributed by atoms with Gasteiger partial charge in [-0.05, 0) is 45.6 Å². The molecule has 3 heteroatoms. The number of hydrogen-bond donors (Lipinski definition) is 1. The first-order chi connectivity index (χ1) is 7.33. The van der Waals surface area contributed by atoms with Crippen molar-refractivity contribution in [2.24, 2.45) is 5.92 Å². The van der Waals surface area contributed by atoms with E-state index in [0.29, 0.717) is 11.9 Å². The van der Waals surface area contributed by atoms with Gasteiger partial charge < -0.3 is 10.2 Å². The van der Waals surface area contributed by atoms with E-state index in [1.54, 1.807) is 0 Å². The van der Waals surface area contributed by atoms with Crippen LogP contribution in [-0.2, 0) is 4.79 Å². The van der Waals surface area contributed by atoms with Crippen molar-refractivity contribution in [3.63, 3.8) is 0 Å². The molecule has 1 heterocycles. The lowest BCUT2D eigenvalue weighted by Gasteiger charge is -2.39. The van der Waals surface area contributed by atoms with Gasteiger partial charge in [-0.1, -0.05) is 0 Å². The van der Waals surface area contributed by atoms with Gasteiger partial charge >= 0.3 is 0 Å². The lowest BCUT2D eigenvalue weighted by atomic mass is 9.89. The lowest BCUT2D eigenvalue weighted by Crippen LogP contribution is -2.49. The van der Waals surface area contributed by atoms with E-state index in [0.717, 1.165) is 32.5 Å². The third kappa shape index (κ3) is 2.33. The summed E-state index contributed by atoms with van der Waals surface area (Å²) in [5, 5.41) is 3.32. The third-order valence-electron chi connectivity index (χ3n) is 3.79. The Morgan fingerprint density at radius 1 is 1.33 bits per heavy atom. The Morgan fingerprint density at radius 3 is 2.60 bits per heavy atom. The largest absolute Gasteiger partial charge is 0.340 e. The van der Waals surface area contributed by atoms with Gasteiger partial charge in [0.2, 0.25) is 5.91 Å². The van der Waals surface area contributed by atoms with Crippen molar-refractivity contribution in [2.75, 3.05) is 19.6 Å². The fourth-order valence-electron chi connectivity index (χ4n) is 2.59. The molecule has 1 atom stereocenters. The first-order valence-corrected chi connectivity index (χ1v) is 6.34. The monoisotopic (exact) mass is 210 g/mol. The Balaban J connectivity index is 1.90. The quantitative estimate of drug-likeness (QED) is 0.763. The maximum Gasteiger partial charge on any atom is 0.227 e. The Hall–Kier alpha value is -0.570. The van der Waals surface area contributed by atoms with Crippen molar-refractivity contribution < 1.29 is 4.79 Å². The number of hydrogen-bond acceptors (Lipinski definition) is 2. The summed E-state index contributed by atoms with van der Waals surface area (Å²) < 4.78 is 0. The first-order valence-electron chi connectivity index (χ1n) is 6.34. The van der Waals surface area contributed by atoms with Crippen LogP contribution in [0, 0.1) is 5.92 Å². The standard InChI is InChI=1S/C12H22N2O/c1-2-14(11-6-3-7-11)12(15)10-5-4-8-13-9-10/h10-11,13H,2-9H2,1H3/t10-/m1/s1. The second-order valence-corrected chi connectivity index (χ2v) is 4.75. The number of rotatable bonds is 3. The number of nitrogens with zero attached hydrogens (tertiary/aromatic N) is 1. The van der Waals surface area contributed by atoms with Gasteiger partial charge in [0.15, 0.2) is 0 Å². The highest BCUT2D eigenvalue weighted by Gasteiger charge is 2.32. The van der Waals surface area contributed by atoms with Crippen LogP contribution in [0.3, 0.4) is 0 Å². The van der Waals surface area contributed by atoms with Gasteiger partial charge in [-0.15, -0.1) is 0 Å². The smallest absolute Gasteiger partial charge is 0.227 e. The molecule has 3 nitrogen and oxygen atoms in total. The molecule has 1 saturated heterocycles. The molecule has 1 saturated carbocycles. The molecule has 0 aromatic rings. The zero-order valence-electron chi connectivity index (χ0n) is 9.67. The van der Waals surface area contributed by atoms with Gasteiger partial charge in [-0.3, -0.25) is 4.79 Å². The molecule has 0 spiro atoms. The van der Waals surface area contributed by atoms with Crippen LogP contribution in [0.5, 0.6) is 0 Å². The second kappa shape index (κ2) is 4.97. The number of piperidine rings is 1. The highest BCUT2D eigenvalue weighted by atomic mass is 16.2. The van der Waals surface area contributed by atoms with Crippen molar-refractivity contribution in [2.45, 2.75) is 45.1 Å². The zero-order valence-corrected chi connectivity index (χ0v) is 9.67. The average molecular weight is 210 g/mol. The van der Waals surface area contributed by atoms with Crippen molar-refractivity contribution in [3.8, 4) is 0 Å². The molecule has 0 bridgehead atoms. The molecule has 15 heavy (non-hydrogen) atoms. The summed E-state index contributed by atoms with van der Waals surface area (Å²) in [5.41, 5.74) is 0. The summed E-state index contributed by atoms with van der Waals surface area (Å²) in [7, 11) is 0. The SMILES string of the molecule is CCN(C(=O)[C@@H]1CCCNC1)C1CCC1. The van der Waals surface area contributed by atoms with Crippen LogP contribution >= 0.6 is 0 Å². The fourth-order valence-corrected chi connectivity index (χ4v) is 2.59. The molecular formula is C12H22N2O. The highest BCUT2D eigenvalue weighted by Crippen LogP contribution is 2.26. The Kier molecular flexibility index (Phi) is 3.62. The summed E-state index contributed by atoms with van der Waals surface area (Å²) in [4.78, 5) is 14.4. The van der Waals surface area contributed by atoms with Gasteiger partial charge in [-0.25, -0.2) is 0 Å². The Labute approximate surface area is 92.2 Å². The molecule has 86 valence electrons. The summed E-state index contributed by atoms with van der Waals surface area (Å²) in [6.45, 7) is 4.97. The lowest BCUT2D eigenvalue weighted by molar-refractivity contribution is -0.139. The predicted molar refractivity (Wildman–Crippen MR) is 60.6 cm³/mol. The van der Waals surface area contributed by atoms with Crippen LogP contribution in [0.15, 0.2) is 0 Å². The molecule has 1 aliphatic carbocycles. The van der Waals surface area contributed by atoms with Crippen LogP contribution in [0.4, 0.5) is 0 Å². The minimum absolute atomic E-state index is 0.249. The van der Waals surface area contributed by atoms with Crippen LogP contribution < -0.4 is 5.32 Å². The van der Waals surface area contributed by atoms with E-state index >= 15 is 0 Å². The molecule has 2 rings (SSSR count). The van der Waals surface area contributed by atoms with E-state index in [1.807, 2.05) is 0 Å². The van der Waals surface area contributed by atoms with Crippen LogP contribution in [0.2, 0.25) is 0 Å². The third-order valence-corrected chi connectivity index (χ3v) is 3.79. The highest BCUT2D eigenvalue weighted by molar-refractivity contribution is 5.79. The Bertz CT molecular complexity index is 220. The minimum Gasteiger partial charge on any atom is -0.340 e. The van der Waals surface area contributed by atoms with Crippen molar-refractivity contribution >= 4 is 5.91 Å². The Morgan fingerprint density at radius 2 is 2.13 bits per heavy atom. The summed E-state index contributed by atoms with van der Waals surface area (Å²) in [5.74, 6) is 0.647. The molecule has 2 fully saturated rings. The molecule has 1 N–H and O–H groups in total. The van der Waals surface area contributed by atoms with Gasteiger partial charge in [0.05, 0.1) is 5.92 Å². The first kappa shape index (κ1) is 10.9. The van der Waals surface area contributed by atoms with Crippen LogP contribution in [-0.4, -0.2) is 36.5 Å². The number of nitrogens with one attached hydrogen (secondary N) is 1. The molecule has 1 amide bonds. The molecule has 0 aromatic heterocycles. The van der Waals surface area contributed by atoms with E-state index in [9.17, 15) is 4.79 Å². The van der Waals surface area contributed by atoms with Crippen LogP contribution in [0.25, 0.3) is 0 Å². The summed E-state index contributed by atoms with van der Waals surface area (Å²) >= 11 is 0. The predicted octanol–water partition coefficient (Wildman–Crippen LogP) is 1.39. The van der Waals surface area contributed by atoms with E-state index in [1.165, 1.54) is 19.3 Å². The van der Waals surface area contributed by atoms with E-state index in [-0.39, 0.29) is 5.92 Å². The summed E-state index contributed by atoms with van der Waals surface area (Å²) in [6.07, 6.45) is 5.98. The topological polar surface area (TPSA) is 32.3 Å². The van der Waals surface area contributed by atoms with E-state index < -0.39 is 0 Å². The molecule has 2 aliphatic rings. The average Bonchev–Trinajstić information content (AvgIpc) is 2.23. The minimum atomic E-state index is 0.249. The van der Waals surface area contributed by atoms with Gasteiger partial charge in [0.1, 0.15) is 0 Å². The molecular weight excluding hydrogens is 188 g/mol. The van der Waals surface area contributed by atoms with Crippen molar-refractivity contribution in [1.29, 1.82) is 0 Å². The molecule has 0 radical (unpaired) electrons. The fraction of sp³-hybridized carbons (Fsp3) is 0.917. The second-order valence-electron chi connectivity index (χ2n) is 4.75. The molecule has 1 aliphatic heterocycles. The van der Waals surface area contributed by atoms with Crippen molar-refractivity contribution in [3.05, 3.63) is 0 Å². The van der Waals surface area contributed by atoms with E-state index in [4.69, 9.17) is 0 Å². The summed E-state index contributed by atoms with van der Waals surface area (Å²) in [6, 6.07) is 0.560. The number of carbonyl (C=O) groups is 1. The number of amides is 1. The van der Waals surface area contributed by atoms with Gasteiger partial charge in [-0.2, -0.15) is 0 Å². The normalized spacial score (nSPS) is 27.1. The molecule has 0 aromatic carbocycles. The maximum absolute atomic E-state index is 12.2. The van der Waals surface area contributed by atoms with Crippen molar-refractivity contribution in [1.82, 2.24) is 10.2 Å². The zero-order chi connectivity index (χ0) is 10.7. The van der Waals surface area contributed by atoms with Gasteiger partial charge in [0, 0.05) is 19.1 Å². The van der Waals surface area contributed by atoms with Gasteiger partial charge in [0.25, 0.3) is 0 Å². The van der Waals surface area contributed by atoms with E-state index in [2.05, 4.69) is 17.1 Å². The maximum atomic E-state index is 12.2. The molecule has 0 unspecified atom stereocenters.